The summed E-state index contributed by atoms with van der Waals surface area (Å²) in [5.74, 6) is -0.947. The molecule has 41 heavy (non-hydrogen) atoms. The van der Waals surface area contributed by atoms with Gasteiger partial charge in [0.1, 0.15) is 12.6 Å². The minimum atomic E-state index is -4.15. The monoisotopic (exact) mass is 617 g/mol. The van der Waals surface area contributed by atoms with Crippen molar-refractivity contribution in [1.29, 1.82) is 0 Å². The number of nitrogens with one attached hydrogen (secondary N) is 1. The third-order valence-electron chi connectivity index (χ3n) is 6.40. The number of sulfonamides is 1. The Morgan fingerprint density at radius 1 is 0.878 bits per heavy atom. The summed E-state index contributed by atoms with van der Waals surface area (Å²) in [7, 11) is -4.15. The third-order valence-corrected chi connectivity index (χ3v) is 8.78. The molecule has 0 spiro atoms. The Labute approximate surface area is 253 Å². The lowest BCUT2D eigenvalue weighted by molar-refractivity contribution is -0.140. The van der Waals surface area contributed by atoms with Gasteiger partial charge in [-0.2, -0.15) is 0 Å². The van der Waals surface area contributed by atoms with Crippen molar-refractivity contribution in [1.82, 2.24) is 10.2 Å². The van der Waals surface area contributed by atoms with Gasteiger partial charge in [0.2, 0.25) is 11.8 Å². The van der Waals surface area contributed by atoms with E-state index in [1.165, 1.54) is 17.0 Å². The number of amides is 2. The van der Waals surface area contributed by atoms with Crippen LogP contribution in [-0.4, -0.2) is 43.3 Å². The molecular formula is C31H37Cl2N3O4S. The quantitative estimate of drug-likeness (QED) is 0.299. The second kappa shape index (κ2) is 12.8. The van der Waals surface area contributed by atoms with Crippen LogP contribution < -0.4 is 9.62 Å². The highest BCUT2D eigenvalue weighted by atomic mass is 35.5. The Bertz CT molecular complexity index is 1510. The number of aryl methyl sites for hydroxylation is 3. The van der Waals surface area contributed by atoms with Gasteiger partial charge in [-0.15, -0.1) is 0 Å². The van der Waals surface area contributed by atoms with Crippen LogP contribution in [0.15, 0.2) is 65.6 Å². The first-order valence-corrected chi connectivity index (χ1v) is 15.4. The summed E-state index contributed by atoms with van der Waals surface area (Å²) in [4.78, 5) is 28.7. The first-order chi connectivity index (χ1) is 19.0. The Balaban J connectivity index is 2.09. The van der Waals surface area contributed by atoms with Gasteiger partial charge in [0.15, 0.2) is 0 Å². The van der Waals surface area contributed by atoms with E-state index in [0.29, 0.717) is 21.3 Å². The summed E-state index contributed by atoms with van der Waals surface area (Å²) >= 11 is 12.5. The maximum Gasteiger partial charge on any atom is 0.264 e. The molecule has 1 unspecified atom stereocenters. The van der Waals surface area contributed by atoms with Gasteiger partial charge in [-0.05, 0) is 102 Å². The molecule has 0 aliphatic heterocycles. The largest absolute Gasteiger partial charge is 0.350 e. The lowest BCUT2D eigenvalue weighted by Crippen LogP contribution is -2.54. The average Bonchev–Trinajstić information content (AvgIpc) is 2.84. The zero-order valence-corrected chi connectivity index (χ0v) is 26.8. The Morgan fingerprint density at radius 3 is 2.00 bits per heavy atom. The topological polar surface area (TPSA) is 86.8 Å². The lowest BCUT2D eigenvalue weighted by Gasteiger charge is -2.33. The zero-order chi connectivity index (χ0) is 30.7. The van der Waals surface area contributed by atoms with Gasteiger partial charge in [-0.25, -0.2) is 8.42 Å². The fourth-order valence-corrected chi connectivity index (χ4v) is 6.22. The number of anilines is 1. The van der Waals surface area contributed by atoms with Crippen LogP contribution in [-0.2, 0) is 26.2 Å². The number of halogens is 2. The van der Waals surface area contributed by atoms with Crippen LogP contribution in [0.3, 0.4) is 0 Å². The summed E-state index contributed by atoms with van der Waals surface area (Å²) in [6.07, 6.45) is 0. The van der Waals surface area contributed by atoms with Gasteiger partial charge >= 0.3 is 0 Å². The maximum absolute atomic E-state index is 14.1. The zero-order valence-electron chi connectivity index (χ0n) is 24.5. The fourth-order valence-electron chi connectivity index (χ4n) is 4.35. The van der Waals surface area contributed by atoms with E-state index in [-0.39, 0.29) is 17.3 Å². The van der Waals surface area contributed by atoms with Crippen molar-refractivity contribution < 1.29 is 18.0 Å². The molecule has 2 amide bonds. The van der Waals surface area contributed by atoms with Crippen LogP contribution in [0.4, 0.5) is 5.69 Å². The first-order valence-electron chi connectivity index (χ1n) is 13.2. The second-order valence-corrected chi connectivity index (χ2v) is 14.0. The van der Waals surface area contributed by atoms with Crippen LogP contribution in [0.25, 0.3) is 0 Å². The van der Waals surface area contributed by atoms with Crippen molar-refractivity contribution in [2.75, 3.05) is 10.8 Å². The number of hydrogen-bond acceptors (Lipinski definition) is 4. The molecule has 1 atom stereocenters. The van der Waals surface area contributed by atoms with E-state index in [1.54, 1.807) is 49.4 Å². The van der Waals surface area contributed by atoms with Crippen LogP contribution in [0, 0.1) is 20.8 Å². The van der Waals surface area contributed by atoms with E-state index in [9.17, 15) is 18.0 Å². The summed E-state index contributed by atoms with van der Waals surface area (Å²) in [5.41, 5.74) is 2.98. The van der Waals surface area contributed by atoms with Crippen molar-refractivity contribution in [3.05, 3.63) is 93.0 Å². The van der Waals surface area contributed by atoms with Crippen LogP contribution in [0.2, 0.25) is 10.0 Å². The molecule has 0 saturated carbocycles. The Hall–Kier alpha value is -3.07. The van der Waals surface area contributed by atoms with E-state index in [1.807, 2.05) is 47.6 Å². The second-order valence-electron chi connectivity index (χ2n) is 11.3. The highest BCUT2D eigenvalue weighted by Gasteiger charge is 2.33. The standard InChI is InChI=1S/C31H37Cl2N3O4S/c1-20-8-12-27(13-9-20)41(39,40)36(26-15-21(2)14-22(3)16-26)19-29(37)35(23(4)30(38)34-31(5,6)7)18-24-10-11-25(32)17-28(24)33/h8-17,23H,18-19H2,1-7H3,(H,34,38). The van der Waals surface area contributed by atoms with E-state index < -0.39 is 34.1 Å². The Kier molecular flexibility index (Phi) is 10.2. The van der Waals surface area contributed by atoms with Crippen molar-refractivity contribution in [3.8, 4) is 0 Å². The van der Waals surface area contributed by atoms with Gasteiger partial charge in [-0.3, -0.25) is 13.9 Å². The normalized spacial score (nSPS) is 12.5. The molecule has 7 nitrogen and oxygen atoms in total. The van der Waals surface area contributed by atoms with Crippen molar-refractivity contribution >= 4 is 50.7 Å². The van der Waals surface area contributed by atoms with Crippen molar-refractivity contribution in [3.63, 3.8) is 0 Å². The van der Waals surface area contributed by atoms with Gasteiger partial charge in [0.05, 0.1) is 10.6 Å². The number of rotatable bonds is 9. The number of carbonyl (C=O) groups is 2. The molecule has 0 aliphatic rings. The number of nitrogens with zero attached hydrogens (tertiary/aromatic N) is 2. The molecule has 0 bridgehead atoms. The summed E-state index contributed by atoms with van der Waals surface area (Å²) in [6.45, 7) is 12.2. The van der Waals surface area contributed by atoms with Crippen molar-refractivity contribution in [2.24, 2.45) is 0 Å². The smallest absolute Gasteiger partial charge is 0.264 e. The third kappa shape index (κ3) is 8.47. The molecule has 10 heteroatoms. The minimum Gasteiger partial charge on any atom is -0.350 e. The van der Waals surface area contributed by atoms with Crippen LogP contribution in [0.5, 0.6) is 0 Å². The molecule has 3 aromatic carbocycles. The highest BCUT2D eigenvalue weighted by Crippen LogP contribution is 2.28. The lowest BCUT2D eigenvalue weighted by atomic mass is 10.1. The van der Waals surface area contributed by atoms with Gasteiger partial charge in [-0.1, -0.05) is 53.0 Å². The molecule has 1 N–H and O–H groups in total. The summed E-state index contributed by atoms with van der Waals surface area (Å²) in [5, 5.41) is 3.67. The molecule has 3 aromatic rings. The number of benzene rings is 3. The predicted octanol–water partition coefficient (Wildman–Crippen LogP) is 6.45. The molecular weight excluding hydrogens is 581 g/mol. The van der Waals surface area contributed by atoms with Gasteiger partial charge in [0, 0.05) is 22.1 Å². The summed E-state index contributed by atoms with van der Waals surface area (Å²) < 4.78 is 29.1. The van der Waals surface area contributed by atoms with Crippen LogP contribution >= 0.6 is 23.2 Å². The van der Waals surface area contributed by atoms with Crippen LogP contribution in [0.1, 0.15) is 49.9 Å². The molecule has 0 heterocycles. The maximum atomic E-state index is 14.1. The first kappa shape index (κ1) is 32.4. The number of hydrogen-bond donors (Lipinski definition) is 1. The minimum absolute atomic E-state index is 0.0289. The van der Waals surface area contributed by atoms with E-state index in [2.05, 4.69) is 5.32 Å². The van der Waals surface area contributed by atoms with E-state index in [4.69, 9.17) is 23.2 Å². The predicted molar refractivity (Wildman–Crippen MR) is 166 cm³/mol. The van der Waals surface area contributed by atoms with E-state index >= 15 is 0 Å². The molecule has 0 saturated heterocycles. The van der Waals surface area contributed by atoms with E-state index in [0.717, 1.165) is 21.0 Å². The molecule has 0 aromatic heterocycles. The Morgan fingerprint density at radius 2 is 1.46 bits per heavy atom. The molecule has 0 radical (unpaired) electrons. The summed E-state index contributed by atoms with van der Waals surface area (Å²) in [6, 6.07) is 15.8. The SMILES string of the molecule is Cc1ccc(S(=O)(=O)N(CC(=O)N(Cc2ccc(Cl)cc2Cl)C(C)C(=O)NC(C)(C)C)c2cc(C)cc(C)c2)cc1. The number of carbonyl (C=O) groups excluding carboxylic acids is 2. The van der Waals surface area contributed by atoms with Gasteiger partial charge in [0.25, 0.3) is 10.0 Å². The average molecular weight is 619 g/mol. The molecule has 0 aliphatic carbocycles. The molecule has 220 valence electrons. The van der Waals surface area contributed by atoms with Gasteiger partial charge < -0.3 is 10.2 Å². The fraction of sp³-hybridized carbons (Fsp3) is 0.355. The molecule has 0 fully saturated rings. The molecule has 3 rings (SSSR count). The van der Waals surface area contributed by atoms with Crippen molar-refractivity contribution in [2.45, 2.75) is 71.5 Å². The highest BCUT2D eigenvalue weighted by molar-refractivity contribution is 7.92.